The fourth-order valence-corrected chi connectivity index (χ4v) is 3.28. The summed E-state index contributed by atoms with van der Waals surface area (Å²) in [7, 11) is 1.63. The molecule has 2 aromatic carbocycles. The standard InChI is InChI=1S/C21H19F2N3O3/c1-28-16-5-3-15(4-6-16)25-8-10-26(11-9-25)21(27)19-13-20(29-24-19)14-2-7-17(22)18(23)12-14/h2-7,12-13H,8-11H2,1H3. The Balaban J connectivity index is 1.40. The van der Waals surface area contributed by atoms with E-state index in [9.17, 15) is 13.6 Å². The van der Waals surface area contributed by atoms with Crippen LogP contribution in [0.5, 0.6) is 5.75 Å². The van der Waals surface area contributed by atoms with E-state index in [0.717, 1.165) is 23.6 Å². The van der Waals surface area contributed by atoms with Gasteiger partial charge in [0.25, 0.3) is 5.91 Å². The van der Waals surface area contributed by atoms with Gasteiger partial charge in [0.15, 0.2) is 23.1 Å². The highest BCUT2D eigenvalue weighted by Gasteiger charge is 2.25. The quantitative estimate of drug-likeness (QED) is 0.671. The Labute approximate surface area is 166 Å². The fourth-order valence-electron chi connectivity index (χ4n) is 3.28. The van der Waals surface area contributed by atoms with Crippen molar-refractivity contribution in [3.8, 4) is 17.1 Å². The minimum Gasteiger partial charge on any atom is -0.497 e. The van der Waals surface area contributed by atoms with Crippen molar-refractivity contribution in [3.05, 3.63) is 65.9 Å². The molecule has 1 amide bonds. The number of nitrogens with zero attached hydrogens (tertiary/aromatic N) is 3. The average molecular weight is 399 g/mol. The van der Waals surface area contributed by atoms with E-state index in [1.807, 2.05) is 24.3 Å². The third-order valence-electron chi connectivity index (χ3n) is 4.94. The smallest absolute Gasteiger partial charge is 0.276 e. The molecule has 0 radical (unpaired) electrons. The Hall–Kier alpha value is -3.42. The van der Waals surface area contributed by atoms with Crippen molar-refractivity contribution in [1.29, 1.82) is 0 Å². The molecule has 1 saturated heterocycles. The number of anilines is 1. The number of aromatic nitrogens is 1. The van der Waals surface area contributed by atoms with E-state index in [1.54, 1.807) is 12.0 Å². The van der Waals surface area contributed by atoms with Crippen LogP contribution < -0.4 is 9.64 Å². The molecule has 1 aromatic heterocycles. The Morgan fingerprint density at radius 2 is 1.72 bits per heavy atom. The van der Waals surface area contributed by atoms with Gasteiger partial charge in [-0.15, -0.1) is 0 Å². The number of carbonyl (C=O) groups is 1. The lowest BCUT2D eigenvalue weighted by atomic mass is 10.1. The van der Waals surface area contributed by atoms with Crippen molar-refractivity contribution < 1.29 is 22.8 Å². The number of hydrogen-bond donors (Lipinski definition) is 0. The first-order valence-electron chi connectivity index (χ1n) is 9.15. The molecule has 8 heteroatoms. The highest BCUT2D eigenvalue weighted by atomic mass is 19.2. The van der Waals surface area contributed by atoms with Crippen molar-refractivity contribution in [2.75, 3.05) is 38.2 Å². The number of amides is 1. The maximum Gasteiger partial charge on any atom is 0.276 e. The van der Waals surface area contributed by atoms with Crippen LogP contribution in [0.3, 0.4) is 0 Å². The first-order valence-corrected chi connectivity index (χ1v) is 9.15. The van der Waals surface area contributed by atoms with Crippen molar-refractivity contribution in [2.24, 2.45) is 0 Å². The van der Waals surface area contributed by atoms with Gasteiger partial charge in [-0.25, -0.2) is 8.78 Å². The molecule has 0 bridgehead atoms. The SMILES string of the molecule is COc1ccc(N2CCN(C(=O)c3cc(-c4ccc(F)c(F)c4)on3)CC2)cc1. The van der Waals surface area contributed by atoms with Gasteiger partial charge in [-0.2, -0.15) is 0 Å². The lowest BCUT2D eigenvalue weighted by molar-refractivity contribution is 0.0736. The van der Waals surface area contributed by atoms with Gasteiger partial charge in [0.1, 0.15) is 5.75 Å². The predicted octanol–water partition coefficient (Wildman–Crippen LogP) is 3.59. The molecule has 0 unspecified atom stereocenters. The first kappa shape index (κ1) is 18.9. The van der Waals surface area contributed by atoms with Crippen LogP contribution in [-0.2, 0) is 0 Å². The number of methoxy groups -OCH3 is 1. The Bertz CT molecular complexity index is 1010. The lowest BCUT2D eigenvalue weighted by Gasteiger charge is -2.35. The summed E-state index contributed by atoms with van der Waals surface area (Å²) in [5.41, 5.74) is 1.53. The van der Waals surface area contributed by atoms with Gasteiger partial charge < -0.3 is 19.1 Å². The first-order chi connectivity index (χ1) is 14.0. The molecule has 0 spiro atoms. The Morgan fingerprint density at radius 3 is 2.38 bits per heavy atom. The van der Waals surface area contributed by atoms with Crippen LogP contribution in [0.15, 0.2) is 53.1 Å². The lowest BCUT2D eigenvalue weighted by Crippen LogP contribution is -2.48. The van der Waals surface area contributed by atoms with E-state index in [4.69, 9.17) is 9.26 Å². The maximum absolute atomic E-state index is 13.4. The number of piperazine rings is 1. The van der Waals surface area contributed by atoms with Crippen LogP contribution in [0.4, 0.5) is 14.5 Å². The normalized spacial score (nSPS) is 14.2. The zero-order chi connectivity index (χ0) is 20.4. The van der Waals surface area contributed by atoms with Crippen molar-refractivity contribution >= 4 is 11.6 Å². The van der Waals surface area contributed by atoms with Gasteiger partial charge >= 0.3 is 0 Å². The zero-order valence-electron chi connectivity index (χ0n) is 15.8. The molecule has 0 N–H and O–H groups in total. The van der Waals surface area contributed by atoms with Gasteiger partial charge in [0, 0.05) is 43.5 Å². The molecule has 29 heavy (non-hydrogen) atoms. The molecular weight excluding hydrogens is 380 g/mol. The van der Waals surface area contributed by atoms with E-state index in [1.165, 1.54) is 12.1 Å². The molecule has 150 valence electrons. The van der Waals surface area contributed by atoms with E-state index in [-0.39, 0.29) is 17.4 Å². The van der Waals surface area contributed by atoms with Crippen LogP contribution in [0, 0.1) is 11.6 Å². The molecule has 0 saturated carbocycles. The van der Waals surface area contributed by atoms with Crippen LogP contribution in [-0.4, -0.2) is 49.3 Å². The molecule has 0 atom stereocenters. The van der Waals surface area contributed by atoms with Gasteiger partial charge in [-0.3, -0.25) is 4.79 Å². The topological polar surface area (TPSA) is 58.8 Å². The third-order valence-corrected chi connectivity index (χ3v) is 4.94. The number of benzene rings is 2. The summed E-state index contributed by atoms with van der Waals surface area (Å²) in [5, 5.41) is 3.81. The molecular formula is C21H19F2N3O3. The van der Waals surface area contributed by atoms with Crippen molar-refractivity contribution in [3.63, 3.8) is 0 Å². The molecule has 0 aliphatic carbocycles. The molecule has 1 aliphatic heterocycles. The molecule has 1 aliphatic rings. The highest BCUT2D eigenvalue weighted by Crippen LogP contribution is 2.24. The minimum absolute atomic E-state index is 0.141. The average Bonchev–Trinajstić information content (AvgIpc) is 3.25. The van der Waals surface area contributed by atoms with Crippen molar-refractivity contribution in [1.82, 2.24) is 10.1 Å². The third kappa shape index (κ3) is 3.91. The van der Waals surface area contributed by atoms with Crippen LogP contribution >= 0.6 is 0 Å². The van der Waals surface area contributed by atoms with E-state index in [2.05, 4.69) is 10.1 Å². The second-order valence-corrected chi connectivity index (χ2v) is 6.68. The summed E-state index contributed by atoms with van der Waals surface area (Å²) in [6, 6.07) is 12.6. The molecule has 1 fully saturated rings. The van der Waals surface area contributed by atoms with Gasteiger partial charge in [0.05, 0.1) is 7.11 Å². The number of carbonyl (C=O) groups excluding carboxylic acids is 1. The molecule has 3 aromatic rings. The monoisotopic (exact) mass is 399 g/mol. The number of halogens is 2. The summed E-state index contributed by atoms with van der Waals surface area (Å²) < 4.78 is 36.8. The number of hydrogen-bond acceptors (Lipinski definition) is 5. The largest absolute Gasteiger partial charge is 0.497 e. The van der Waals surface area contributed by atoms with Crippen LogP contribution in [0.1, 0.15) is 10.5 Å². The van der Waals surface area contributed by atoms with Gasteiger partial charge in [-0.1, -0.05) is 5.16 Å². The summed E-state index contributed by atoms with van der Waals surface area (Å²) in [5.74, 6) is -1.17. The van der Waals surface area contributed by atoms with E-state index < -0.39 is 11.6 Å². The zero-order valence-corrected chi connectivity index (χ0v) is 15.8. The van der Waals surface area contributed by atoms with Crippen molar-refractivity contribution in [2.45, 2.75) is 0 Å². The maximum atomic E-state index is 13.4. The van der Waals surface area contributed by atoms with E-state index in [0.29, 0.717) is 31.7 Å². The molecule has 6 nitrogen and oxygen atoms in total. The van der Waals surface area contributed by atoms with Crippen LogP contribution in [0.25, 0.3) is 11.3 Å². The van der Waals surface area contributed by atoms with Gasteiger partial charge in [-0.05, 0) is 42.5 Å². The Morgan fingerprint density at radius 1 is 1.00 bits per heavy atom. The molecule has 2 heterocycles. The molecule has 4 rings (SSSR count). The summed E-state index contributed by atoms with van der Waals surface area (Å²) in [6.07, 6.45) is 0. The summed E-state index contributed by atoms with van der Waals surface area (Å²) >= 11 is 0. The summed E-state index contributed by atoms with van der Waals surface area (Å²) in [4.78, 5) is 16.6. The number of rotatable bonds is 4. The fraction of sp³-hybridized carbons (Fsp3) is 0.238. The second kappa shape index (κ2) is 7.90. The van der Waals surface area contributed by atoms with Gasteiger partial charge in [0.2, 0.25) is 0 Å². The van der Waals surface area contributed by atoms with E-state index >= 15 is 0 Å². The highest BCUT2D eigenvalue weighted by molar-refractivity contribution is 5.93. The minimum atomic E-state index is -0.985. The predicted molar refractivity (Wildman–Crippen MR) is 103 cm³/mol. The second-order valence-electron chi connectivity index (χ2n) is 6.68. The summed E-state index contributed by atoms with van der Waals surface area (Å²) in [6.45, 7) is 2.45. The Kier molecular flexibility index (Phi) is 5.16. The number of ether oxygens (including phenoxy) is 1. The van der Waals surface area contributed by atoms with Crippen LogP contribution in [0.2, 0.25) is 0 Å².